The number of nitrogens with two attached hydrogens (primary N) is 1. The Morgan fingerprint density at radius 3 is 2.75 bits per heavy atom. The smallest absolute Gasteiger partial charge is 0.152 e. The summed E-state index contributed by atoms with van der Waals surface area (Å²) in [4.78, 5) is 4.05. The van der Waals surface area contributed by atoms with Gasteiger partial charge in [-0.15, -0.1) is 0 Å². The van der Waals surface area contributed by atoms with Crippen LogP contribution in [0.4, 0.5) is 0 Å². The molecular formula is C7H14N2O2S. The maximum Gasteiger partial charge on any atom is 0.152 e. The van der Waals surface area contributed by atoms with Gasteiger partial charge in [-0.3, -0.25) is 4.99 Å². The number of aliphatic imine (C=N–C) groups is 1. The van der Waals surface area contributed by atoms with E-state index in [4.69, 9.17) is 5.73 Å². The second-order valence-corrected chi connectivity index (χ2v) is 5.41. The fourth-order valence-electron chi connectivity index (χ4n) is 1.39. The van der Waals surface area contributed by atoms with E-state index in [0.717, 1.165) is 6.42 Å². The summed E-state index contributed by atoms with van der Waals surface area (Å²) in [6.07, 6.45) is 1.55. The normalized spacial score (nSPS) is 30.1. The summed E-state index contributed by atoms with van der Waals surface area (Å²) in [6.45, 7) is 1.68. The molecule has 0 amide bonds. The fourth-order valence-corrected chi connectivity index (χ4v) is 2.99. The van der Waals surface area contributed by atoms with Gasteiger partial charge < -0.3 is 5.73 Å². The van der Waals surface area contributed by atoms with Crippen LogP contribution in [0.3, 0.4) is 0 Å². The van der Waals surface area contributed by atoms with Crippen molar-refractivity contribution < 1.29 is 8.42 Å². The lowest BCUT2D eigenvalue weighted by Gasteiger charge is -2.18. The Bertz CT molecular complexity index is 278. The summed E-state index contributed by atoms with van der Waals surface area (Å²) in [5.41, 5.74) is 5.37. The molecule has 1 saturated heterocycles. The molecule has 0 radical (unpaired) electrons. The molecule has 0 spiro atoms. The van der Waals surface area contributed by atoms with Gasteiger partial charge in [0.05, 0.1) is 23.4 Å². The number of amidine groups is 1. The van der Waals surface area contributed by atoms with Gasteiger partial charge in [0.1, 0.15) is 0 Å². The van der Waals surface area contributed by atoms with Crippen molar-refractivity contribution in [1.29, 1.82) is 0 Å². The standard InChI is InChI=1S/C7H14N2O2S/c1-6(8)9-7-3-2-4-12(10,11)5-7/h7H,2-5H2,1H3,(H2,8,9). The zero-order chi connectivity index (χ0) is 9.19. The first kappa shape index (κ1) is 9.51. The second-order valence-electron chi connectivity index (χ2n) is 3.18. The first-order valence-corrected chi connectivity index (χ1v) is 5.82. The van der Waals surface area contributed by atoms with E-state index in [1.54, 1.807) is 6.92 Å². The molecule has 12 heavy (non-hydrogen) atoms. The fraction of sp³-hybridized carbons (Fsp3) is 0.857. The summed E-state index contributed by atoms with van der Waals surface area (Å²) in [5, 5.41) is 0. The first-order valence-electron chi connectivity index (χ1n) is 4.00. The molecule has 0 aliphatic carbocycles. The van der Waals surface area contributed by atoms with Crippen LogP contribution in [-0.2, 0) is 9.84 Å². The summed E-state index contributed by atoms with van der Waals surface area (Å²) in [5.74, 6) is 0.946. The number of rotatable bonds is 1. The van der Waals surface area contributed by atoms with Crippen molar-refractivity contribution in [3.63, 3.8) is 0 Å². The molecule has 1 heterocycles. The highest BCUT2D eigenvalue weighted by Crippen LogP contribution is 2.14. The van der Waals surface area contributed by atoms with E-state index in [1.165, 1.54) is 0 Å². The van der Waals surface area contributed by atoms with Crippen LogP contribution in [0.25, 0.3) is 0 Å². The van der Waals surface area contributed by atoms with Gasteiger partial charge >= 0.3 is 0 Å². The monoisotopic (exact) mass is 190 g/mol. The summed E-state index contributed by atoms with van der Waals surface area (Å²) in [7, 11) is -2.84. The van der Waals surface area contributed by atoms with E-state index in [0.29, 0.717) is 18.0 Å². The van der Waals surface area contributed by atoms with Crippen molar-refractivity contribution in [1.82, 2.24) is 0 Å². The molecule has 0 aromatic heterocycles. The van der Waals surface area contributed by atoms with Crippen molar-refractivity contribution in [2.45, 2.75) is 25.8 Å². The van der Waals surface area contributed by atoms with Crippen molar-refractivity contribution in [2.75, 3.05) is 11.5 Å². The van der Waals surface area contributed by atoms with Crippen LogP contribution in [0.1, 0.15) is 19.8 Å². The third-order valence-corrected chi connectivity index (χ3v) is 3.63. The summed E-state index contributed by atoms with van der Waals surface area (Å²) < 4.78 is 22.3. The highest BCUT2D eigenvalue weighted by molar-refractivity contribution is 7.91. The number of hydrogen-bond acceptors (Lipinski definition) is 3. The Morgan fingerprint density at radius 1 is 1.58 bits per heavy atom. The minimum absolute atomic E-state index is 0.103. The molecule has 70 valence electrons. The molecule has 0 saturated carbocycles. The molecule has 4 nitrogen and oxygen atoms in total. The molecule has 1 aliphatic rings. The van der Waals surface area contributed by atoms with Crippen molar-refractivity contribution in [3.05, 3.63) is 0 Å². The summed E-state index contributed by atoms with van der Waals surface area (Å²) >= 11 is 0. The third kappa shape index (κ3) is 2.81. The van der Waals surface area contributed by atoms with Crippen LogP contribution in [0, 0.1) is 0 Å². The zero-order valence-corrected chi connectivity index (χ0v) is 7.97. The Kier molecular flexibility index (Phi) is 2.72. The predicted molar refractivity (Wildman–Crippen MR) is 49.0 cm³/mol. The molecule has 1 rings (SSSR count). The van der Waals surface area contributed by atoms with Gasteiger partial charge in [-0.2, -0.15) is 0 Å². The van der Waals surface area contributed by atoms with Crippen LogP contribution < -0.4 is 5.73 Å². The maximum atomic E-state index is 11.1. The minimum atomic E-state index is -2.84. The van der Waals surface area contributed by atoms with Crippen molar-refractivity contribution in [2.24, 2.45) is 10.7 Å². The average molecular weight is 190 g/mol. The maximum absolute atomic E-state index is 11.1. The van der Waals surface area contributed by atoms with Gasteiger partial charge in [-0.05, 0) is 19.8 Å². The highest BCUT2D eigenvalue weighted by Gasteiger charge is 2.23. The number of sulfone groups is 1. The molecule has 0 bridgehead atoms. The van der Waals surface area contributed by atoms with E-state index in [2.05, 4.69) is 4.99 Å². The van der Waals surface area contributed by atoms with E-state index >= 15 is 0 Å². The quantitative estimate of drug-likeness (QED) is 0.465. The first-order chi connectivity index (χ1) is 5.49. The Balaban J connectivity index is 2.65. The molecular weight excluding hydrogens is 176 g/mol. The van der Waals surface area contributed by atoms with Gasteiger partial charge in [0.2, 0.25) is 0 Å². The number of nitrogens with zero attached hydrogens (tertiary/aromatic N) is 1. The van der Waals surface area contributed by atoms with Crippen LogP contribution >= 0.6 is 0 Å². The Hall–Kier alpha value is -0.580. The molecule has 5 heteroatoms. The predicted octanol–water partition coefficient (Wildman–Crippen LogP) is -0.0593. The van der Waals surface area contributed by atoms with E-state index in [1.807, 2.05) is 0 Å². The van der Waals surface area contributed by atoms with Gasteiger partial charge in [-0.1, -0.05) is 0 Å². The van der Waals surface area contributed by atoms with Crippen LogP contribution in [0.5, 0.6) is 0 Å². The molecule has 0 aromatic rings. The topological polar surface area (TPSA) is 72.5 Å². The van der Waals surface area contributed by atoms with E-state index < -0.39 is 9.84 Å². The lowest BCUT2D eigenvalue weighted by molar-refractivity contribution is 0.552. The molecule has 1 fully saturated rings. The molecule has 2 N–H and O–H groups in total. The van der Waals surface area contributed by atoms with Gasteiger partial charge in [0.25, 0.3) is 0 Å². The van der Waals surface area contributed by atoms with Gasteiger partial charge in [-0.25, -0.2) is 8.42 Å². The largest absolute Gasteiger partial charge is 0.388 e. The van der Waals surface area contributed by atoms with Gasteiger partial charge in [0.15, 0.2) is 9.84 Å². The SMILES string of the molecule is CC(N)=NC1CCCS(=O)(=O)C1. The van der Waals surface area contributed by atoms with E-state index in [9.17, 15) is 8.42 Å². The van der Waals surface area contributed by atoms with E-state index in [-0.39, 0.29) is 11.8 Å². The van der Waals surface area contributed by atoms with Crippen LogP contribution in [-0.4, -0.2) is 31.8 Å². The summed E-state index contributed by atoms with van der Waals surface area (Å²) in [6, 6.07) is -0.103. The van der Waals surface area contributed by atoms with Crippen molar-refractivity contribution in [3.8, 4) is 0 Å². The van der Waals surface area contributed by atoms with Gasteiger partial charge in [0, 0.05) is 0 Å². The molecule has 1 unspecified atom stereocenters. The number of hydrogen-bond donors (Lipinski definition) is 1. The Morgan fingerprint density at radius 2 is 2.25 bits per heavy atom. The second kappa shape index (κ2) is 3.43. The Labute approximate surface area is 72.8 Å². The highest BCUT2D eigenvalue weighted by atomic mass is 32.2. The molecule has 1 atom stereocenters. The minimum Gasteiger partial charge on any atom is -0.388 e. The average Bonchev–Trinajstić information content (AvgIpc) is 1.82. The van der Waals surface area contributed by atoms with Crippen LogP contribution in [0.2, 0.25) is 0 Å². The molecule has 1 aliphatic heterocycles. The molecule has 0 aromatic carbocycles. The third-order valence-electron chi connectivity index (χ3n) is 1.83. The zero-order valence-electron chi connectivity index (χ0n) is 7.16. The van der Waals surface area contributed by atoms with Crippen LogP contribution in [0.15, 0.2) is 4.99 Å². The lowest BCUT2D eigenvalue weighted by Crippen LogP contribution is -2.29. The lowest BCUT2D eigenvalue weighted by atomic mass is 10.2. The van der Waals surface area contributed by atoms with Crippen molar-refractivity contribution >= 4 is 15.7 Å².